The summed E-state index contributed by atoms with van der Waals surface area (Å²) in [5.74, 6) is -0.261. The second-order valence-corrected chi connectivity index (χ2v) is 4.37. The first-order valence-corrected chi connectivity index (χ1v) is 6.07. The molecule has 96 valence electrons. The Morgan fingerprint density at radius 1 is 1.33 bits per heavy atom. The van der Waals surface area contributed by atoms with Gasteiger partial charge in [-0.3, -0.25) is 4.68 Å². The number of aryl methyl sites for hydroxylation is 2. The second kappa shape index (κ2) is 5.31. The molecule has 0 aliphatic carbocycles. The van der Waals surface area contributed by atoms with Crippen molar-refractivity contribution in [3.8, 4) is 0 Å². The largest absolute Gasteiger partial charge is 0.386 e. The first-order chi connectivity index (χ1) is 8.60. The molecule has 1 unspecified atom stereocenters. The van der Waals surface area contributed by atoms with Crippen molar-refractivity contribution in [3.63, 3.8) is 0 Å². The minimum atomic E-state index is -0.614. The third-order valence-electron chi connectivity index (χ3n) is 2.92. The molecule has 18 heavy (non-hydrogen) atoms. The summed E-state index contributed by atoms with van der Waals surface area (Å²) < 4.78 is 14.6. The molecule has 2 rings (SSSR count). The molecule has 1 aromatic carbocycles. The van der Waals surface area contributed by atoms with E-state index in [1.54, 1.807) is 16.8 Å². The molecule has 0 aliphatic rings. The molecular formula is C14H17FN2O. The van der Waals surface area contributed by atoms with Crippen LogP contribution in [0.5, 0.6) is 0 Å². The summed E-state index contributed by atoms with van der Waals surface area (Å²) in [6.45, 7) is 4.62. The fraction of sp³-hybridized carbons (Fsp3) is 0.357. The lowest BCUT2D eigenvalue weighted by molar-refractivity contribution is 0.167. The maximum Gasteiger partial charge on any atom is 0.123 e. The Labute approximate surface area is 106 Å². The van der Waals surface area contributed by atoms with E-state index in [1.807, 2.05) is 19.9 Å². The number of halogens is 1. The van der Waals surface area contributed by atoms with Crippen molar-refractivity contribution < 1.29 is 9.50 Å². The van der Waals surface area contributed by atoms with Gasteiger partial charge in [0.05, 0.1) is 17.5 Å². The summed E-state index contributed by atoms with van der Waals surface area (Å²) in [5.41, 5.74) is 2.61. The predicted octanol–water partition coefficient (Wildman–Crippen LogP) is 2.63. The number of nitrogens with zero attached hydrogens (tertiary/aromatic N) is 2. The van der Waals surface area contributed by atoms with Crippen LogP contribution in [0.2, 0.25) is 0 Å². The molecular weight excluding hydrogens is 231 g/mol. The molecule has 1 aromatic heterocycles. The van der Waals surface area contributed by atoms with E-state index >= 15 is 0 Å². The third kappa shape index (κ3) is 2.76. The number of hydrogen-bond donors (Lipinski definition) is 1. The van der Waals surface area contributed by atoms with Gasteiger partial charge in [-0.25, -0.2) is 4.39 Å². The van der Waals surface area contributed by atoms with Gasteiger partial charge < -0.3 is 5.11 Å². The van der Waals surface area contributed by atoms with Crippen LogP contribution in [-0.2, 0) is 13.0 Å². The average Bonchev–Trinajstić information content (AvgIpc) is 2.73. The minimum absolute atomic E-state index is 0.261. The zero-order valence-electron chi connectivity index (χ0n) is 10.6. The maximum absolute atomic E-state index is 12.8. The van der Waals surface area contributed by atoms with E-state index in [1.165, 1.54) is 12.1 Å². The minimum Gasteiger partial charge on any atom is -0.386 e. The summed E-state index contributed by atoms with van der Waals surface area (Å²) in [7, 11) is 0. The highest BCUT2D eigenvalue weighted by Crippen LogP contribution is 2.19. The van der Waals surface area contributed by atoms with Gasteiger partial charge >= 0.3 is 0 Å². The van der Waals surface area contributed by atoms with Gasteiger partial charge in [0, 0.05) is 13.0 Å². The zero-order valence-corrected chi connectivity index (χ0v) is 10.6. The van der Waals surface area contributed by atoms with Gasteiger partial charge in [0.15, 0.2) is 0 Å². The molecule has 0 saturated carbocycles. The third-order valence-corrected chi connectivity index (χ3v) is 2.92. The molecule has 1 N–H and O–H groups in total. The number of aromatic nitrogens is 2. The molecule has 0 fully saturated rings. The van der Waals surface area contributed by atoms with E-state index in [4.69, 9.17) is 0 Å². The van der Waals surface area contributed by atoms with E-state index in [0.717, 1.165) is 23.5 Å². The van der Waals surface area contributed by atoms with Crippen LogP contribution in [0.1, 0.15) is 30.0 Å². The topological polar surface area (TPSA) is 38.0 Å². The van der Waals surface area contributed by atoms with Gasteiger partial charge in [-0.2, -0.15) is 5.10 Å². The van der Waals surface area contributed by atoms with Crippen LogP contribution in [0.4, 0.5) is 4.39 Å². The fourth-order valence-electron chi connectivity index (χ4n) is 2.04. The summed E-state index contributed by atoms with van der Waals surface area (Å²) in [6, 6.07) is 8.09. The van der Waals surface area contributed by atoms with E-state index in [0.29, 0.717) is 6.42 Å². The lowest BCUT2D eigenvalue weighted by atomic mass is 10.1. The number of aliphatic hydroxyl groups excluding tert-OH is 1. The van der Waals surface area contributed by atoms with Crippen LogP contribution in [-0.4, -0.2) is 14.9 Å². The normalized spacial score (nSPS) is 12.7. The van der Waals surface area contributed by atoms with Crippen LogP contribution < -0.4 is 0 Å². The van der Waals surface area contributed by atoms with Crippen molar-refractivity contribution >= 4 is 0 Å². The van der Waals surface area contributed by atoms with Crippen LogP contribution in [0.15, 0.2) is 30.3 Å². The maximum atomic E-state index is 12.8. The SMILES string of the molecule is CCn1nc(C)cc1C(O)Cc1ccc(F)cc1. The van der Waals surface area contributed by atoms with E-state index in [9.17, 15) is 9.50 Å². The molecule has 0 spiro atoms. The Balaban J connectivity index is 2.16. The van der Waals surface area contributed by atoms with Gasteiger partial charge in [0.1, 0.15) is 5.82 Å². The molecule has 4 heteroatoms. The van der Waals surface area contributed by atoms with Crippen molar-refractivity contribution in [2.24, 2.45) is 0 Å². The molecule has 0 bridgehead atoms. The van der Waals surface area contributed by atoms with Crippen molar-refractivity contribution in [2.45, 2.75) is 32.9 Å². The number of benzene rings is 1. The quantitative estimate of drug-likeness (QED) is 0.903. The fourth-order valence-corrected chi connectivity index (χ4v) is 2.04. The smallest absolute Gasteiger partial charge is 0.123 e. The van der Waals surface area contributed by atoms with Crippen LogP contribution in [0.3, 0.4) is 0 Å². The Bertz CT molecular complexity index is 519. The molecule has 2 aromatic rings. The molecule has 0 aliphatic heterocycles. The lowest BCUT2D eigenvalue weighted by Gasteiger charge is -2.12. The summed E-state index contributed by atoms with van der Waals surface area (Å²) >= 11 is 0. The predicted molar refractivity (Wildman–Crippen MR) is 67.7 cm³/mol. The van der Waals surface area contributed by atoms with Gasteiger partial charge in [0.25, 0.3) is 0 Å². The highest BCUT2D eigenvalue weighted by Gasteiger charge is 2.14. The Hall–Kier alpha value is -1.68. The second-order valence-electron chi connectivity index (χ2n) is 4.37. The van der Waals surface area contributed by atoms with Gasteiger partial charge in [-0.05, 0) is 37.6 Å². The Morgan fingerprint density at radius 3 is 2.61 bits per heavy atom. The van der Waals surface area contributed by atoms with E-state index in [-0.39, 0.29) is 5.82 Å². The molecule has 3 nitrogen and oxygen atoms in total. The summed E-state index contributed by atoms with van der Waals surface area (Å²) in [6.07, 6.45) is -0.151. The molecule has 0 saturated heterocycles. The standard InChI is InChI=1S/C14H17FN2O/c1-3-17-13(8-10(2)16-17)14(18)9-11-4-6-12(15)7-5-11/h4-8,14,18H,3,9H2,1-2H3. The Kier molecular flexibility index (Phi) is 3.77. The number of aliphatic hydroxyl groups is 1. The van der Waals surface area contributed by atoms with Crippen molar-refractivity contribution in [3.05, 3.63) is 53.1 Å². The number of hydrogen-bond acceptors (Lipinski definition) is 2. The van der Waals surface area contributed by atoms with Crippen molar-refractivity contribution in [1.29, 1.82) is 0 Å². The first-order valence-electron chi connectivity index (χ1n) is 6.07. The summed E-state index contributed by atoms with van der Waals surface area (Å²) in [4.78, 5) is 0. The van der Waals surface area contributed by atoms with Crippen molar-refractivity contribution in [2.75, 3.05) is 0 Å². The van der Waals surface area contributed by atoms with E-state index < -0.39 is 6.10 Å². The molecule has 1 heterocycles. The monoisotopic (exact) mass is 248 g/mol. The van der Waals surface area contributed by atoms with Crippen LogP contribution >= 0.6 is 0 Å². The number of rotatable bonds is 4. The summed E-state index contributed by atoms with van der Waals surface area (Å²) in [5, 5.41) is 14.5. The van der Waals surface area contributed by atoms with Gasteiger partial charge in [-0.15, -0.1) is 0 Å². The van der Waals surface area contributed by atoms with Gasteiger partial charge in [-0.1, -0.05) is 12.1 Å². The average molecular weight is 248 g/mol. The van der Waals surface area contributed by atoms with Crippen LogP contribution in [0, 0.1) is 12.7 Å². The highest BCUT2D eigenvalue weighted by atomic mass is 19.1. The zero-order chi connectivity index (χ0) is 13.1. The molecule has 1 atom stereocenters. The highest BCUT2D eigenvalue weighted by molar-refractivity contribution is 5.20. The molecule has 0 radical (unpaired) electrons. The van der Waals surface area contributed by atoms with Crippen LogP contribution in [0.25, 0.3) is 0 Å². The van der Waals surface area contributed by atoms with E-state index in [2.05, 4.69) is 5.10 Å². The molecule has 0 amide bonds. The van der Waals surface area contributed by atoms with Gasteiger partial charge in [0.2, 0.25) is 0 Å². The Morgan fingerprint density at radius 2 is 2.00 bits per heavy atom. The van der Waals surface area contributed by atoms with Crippen molar-refractivity contribution in [1.82, 2.24) is 9.78 Å². The first kappa shape index (κ1) is 12.8. The lowest BCUT2D eigenvalue weighted by Crippen LogP contribution is -2.10.